The topological polar surface area (TPSA) is 43.8 Å². The van der Waals surface area contributed by atoms with Crippen LogP contribution in [0.25, 0.3) is 0 Å². The molecule has 3 nitrogen and oxygen atoms in total. The molecule has 2 N–H and O–H groups in total. The molecule has 1 fully saturated rings. The predicted molar refractivity (Wildman–Crippen MR) is 75.2 cm³/mol. The fourth-order valence-corrected chi connectivity index (χ4v) is 3.05. The van der Waals surface area contributed by atoms with Gasteiger partial charge in [-0.25, -0.2) is 0 Å². The smallest absolute Gasteiger partial charge is 0.0492 e. The first-order chi connectivity index (χ1) is 8.48. The molecule has 1 aromatic heterocycles. The quantitative estimate of drug-likeness (QED) is 0.891. The molecule has 1 unspecified atom stereocenters. The maximum absolute atomic E-state index is 6.37. The van der Waals surface area contributed by atoms with Gasteiger partial charge in [-0.05, 0) is 55.9 Å². The van der Waals surface area contributed by atoms with Crippen LogP contribution in [0.3, 0.4) is 0 Å². The van der Waals surface area contributed by atoms with Crippen molar-refractivity contribution in [3.8, 4) is 0 Å². The number of aryl methyl sites for hydroxylation is 2. The number of aromatic nitrogens is 2. The van der Waals surface area contributed by atoms with Crippen LogP contribution in [0, 0.1) is 11.3 Å². The van der Waals surface area contributed by atoms with Gasteiger partial charge in [0.25, 0.3) is 0 Å². The Morgan fingerprint density at radius 2 is 2.11 bits per heavy atom. The highest BCUT2D eigenvalue weighted by molar-refractivity contribution is 5.00. The molecule has 0 spiro atoms. The zero-order chi connectivity index (χ0) is 13.2. The Balaban J connectivity index is 1.79. The minimum atomic E-state index is 0.357. The Morgan fingerprint density at radius 1 is 1.44 bits per heavy atom. The van der Waals surface area contributed by atoms with Crippen molar-refractivity contribution in [1.29, 1.82) is 0 Å². The van der Waals surface area contributed by atoms with Crippen molar-refractivity contribution in [2.45, 2.75) is 58.4 Å². The molecule has 1 aromatic rings. The monoisotopic (exact) mass is 249 g/mol. The van der Waals surface area contributed by atoms with Gasteiger partial charge in [0.1, 0.15) is 0 Å². The van der Waals surface area contributed by atoms with E-state index in [0.29, 0.717) is 11.5 Å². The van der Waals surface area contributed by atoms with Crippen LogP contribution in [-0.4, -0.2) is 15.8 Å². The highest BCUT2D eigenvalue weighted by Gasteiger charge is 2.29. The molecule has 3 heteroatoms. The van der Waals surface area contributed by atoms with Crippen molar-refractivity contribution in [1.82, 2.24) is 9.78 Å². The van der Waals surface area contributed by atoms with E-state index in [4.69, 9.17) is 5.73 Å². The van der Waals surface area contributed by atoms with Crippen molar-refractivity contribution < 1.29 is 0 Å². The summed E-state index contributed by atoms with van der Waals surface area (Å²) in [6.07, 6.45) is 9.28. The number of nitrogens with two attached hydrogens (primary N) is 1. The second-order valence-corrected chi connectivity index (χ2v) is 6.65. The van der Waals surface area contributed by atoms with E-state index < -0.39 is 0 Å². The Bertz CT molecular complexity index is 371. The lowest BCUT2D eigenvalue weighted by Gasteiger charge is -2.36. The molecule has 1 heterocycles. The zero-order valence-corrected chi connectivity index (χ0v) is 12.0. The van der Waals surface area contributed by atoms with E-state index in [-0.39, 0.29) is 0 Å². The van der Waals surface area contributed by atoms with Crippen LogP contribution in [0.4, 0.5) is 0 Å². The first-order valence-corrected chi connectivity index (χ1v) is 7.20. The summed E-state index contributed by atoms with van der Waals surface area (Å²) >= 11 is 0. The summed E-state index contributed by atoms with van der Waals surface area (Å²) in [5.74, 6) is 0.728. The number of hydrogen-bond donors (Lipinski definition) is 1. The molecular weight excluding hydrogens is 222 g/mol. The third-order valence-corrected chi connectivity index (χ3v) is 4.65. The van der Waals surface area contributed by atoms with E-state index in [1.807, 2.05) is 17.9 Å². The molecule has 2 rings (SSSR count). The Hall–Kier alpha value is -0.830. The van der Waals surface area contributed by atoms with Gasteiger partial charge in [-0.3, -0.25) is 4.68 Å². The summed E-state index contributed by atoms with van der Waals surface area (Å²) in [6.45, 7) is 4.76. The van der Waals surface area contributed by atoms with Crippen molar-refractivity contribution in [2.75, 3.05) is 0 Å². The lowest BCUT2D eigenvalue weighted by molar-refractivity contribution is 0.170. The first-order valence-electron chi connectivity index (χ1n) is 7.20. The van der Waals surface area contributed by atoms with Crippen molar-refractivity contribution in [3.63, 3.8) is 0 Å². The van der Waals surface area contributed by atoms with Crippen LogP contribution in [0.15, 0.2) is 12.3 Å². The molecule has 18 heavy (non-hydrogen) atoms. The van der Waals surface area contributed by atoms with Gasteiger partial charge in [0, 0.05) is 25.0 Å². The molecule has 0 aliphatic heterocycles. The average Bonchev–Trinajstić information content (AvgIpc) is 2.72. The maximum atomic E-state index is 6.37. The fourth-order valence-electron chi connectivity index (χ4n) is 3.05. The number of rotatable bonds is 4. The molecule has 0 radical (unpaired) electrons. The molecule has 1 aliphatic rings. The SMILES string of the molecule is Cn1nccc1CCC(N)C1CCC(C)(C)CC1. The van der Waals surface area contributed by atoms with Crippen LogP contribution in [-0.2, 0) is 13.5 Å². The van der Waals surface area contributed by atoms with Gasteiger partial charge >= 0.3 is 0 Å². The lowest BCUT2D eigenvalue weighted by Crippen LogP contribution is -2.35. The van der Waals surface area contributed by atoms with Gasteiger partial charge in [-0.1, -0.05) is 13.8 Å². The van der Waals surface area contributed by atoms with Gasteiger partial charge < -0.3 is 5.73 Å². The third kappa shape index (κ3) is 3.35. The maximum Gasteiger partial charge on any atom is 0.0492 e. The van der Waals surface area contributed by atoms with E-state index >= 15 is 0 Å². The van der Waals surface area contributed by atoms with Crippen LogP contribution >= 0.6 is 0 Å². The van der Waals surface area contributed by atoms with Gasteiger partial charge in [0.15, 0.2) is 0 Å². The van der Waals surface area contributed by atoms with Crippen LogP contribution < -0.4 is 5.73 Å². The molecule has 0 bridgehead atoms. The summed E-state index contributed by atoms with van der Waals surface area (Å²) in [4.78, 5) is 0. The average molecular weight is 249 g/mol. The summed E-state index contributed by atoms with van der Waals surface area (Å²) < 4.78 is 1.96. The normalized spacial score (nSPS) is 22.0. The molecule has 0 amide bonds. The first kappa shape index (κ1) is 13.6. The minimum Gasteiger partial charge on any atom is -0.327 e. The molecule has 1 saturated carbocycles. The van der Waals surface area contributed by atoms with Crippen LogP contribution in [0.5, 0.6) is 0 Å². The van der Waals surface area contributed by atoms with E-state index in [0.717, 1.165) is 18.8 Å². The molecule has 102 valence electrons. The molecule has 1 aliphatic carbocycles. The van der Waals surface area contributed by atoms with Crippen LogP contribution in [0.1, 0.15) is 51.6 Å². The van der Waals surface area contributed by atoms with E-state index in [1.54, 1.807) is 0 Å². The molecule has 0 saturated heterocycles. The summed E-state index contributed by atoms with van der Waals surface area (Å²) in [7, 11) is 2.00. The highest BCUT2D eigenvalue weighted by atomic mass is 15.2. The molecule has 1 atom stereocenters. The fraction of sp³-hybridized carbons (Fsp3) is 0.800. The molecule has 0 aromatic carbocycles. The van der Waals surface area contributed by atoms with Crippen molar-refractivity contribution in [3.05, 3.63) is 18.0 Å². The number of hydrogen-bond acceptors (Lipinski definition) is 2. The Morgan fingerprint density at radius 3 is 2.67 bits per heavy atom. The van der Waals surface area contributed by atoms with Gasteiger partial charge in [0.2, 0.25) is 0 Å². The van der Waals surface area contributed by atoms with Crippen LogP contribution in [0.2, 0.25) is 0 Å². The Kier molecular flexibility index (Phi) is 4.10. The largest absolute Gasteiger partial charge is 0.327 e. The summed E-state index contributed by atoms with van der Waals surface area (Å²) in [5.41, 5.74) is 8.21. The molecular formula is C15H27N3. The second-order valence-electron chi connectivity index (χ2n) is 6.65. The summed E-state index contributed by atoms with van der Waals surface area (Å²) in [6, 6.07) is 2.45. The lowest BCUT2D eigenvalue weighted by atomic mass is 9.71. The van der Waals surface area contributed by atoms with Gasteiger partial charge in [0.05, 0.1) is 0 Å². The number of nitrogens with zero attached hydrogens (tertiary/aromatic N) is 2. The Labute approximate surface area is 111 Å². The minimum absolute atomic E-state index is 0.357. The van der Waals surface area contributed by atoms with E-state index in [9.17, 15) is 0 Å². The third-order valence-electron chi connectivity index (χ3n) is 4.65. The zero-order valence-electron chi connectivity index (χ0n) is 12.0. The second kappa shape index (κ2) is 5.43. The predicted octanol–water partition coefficient (Wildman–Crippen LogP) is 2.90. The van der Waals surface area contributed by atoms with Crippen molar-refractivity contribution in [2.24, 2.45) is 24.1 Å². The highest BCUT2D eigenvalue weighted by Crippen LogP contribution is 2.39. The van der Waals surface area contributed by atoms with E-state index in [1.165, 1.54) is 31.4 Å². The summed E-state index contributed by atoms with van der Waals surface area (Å²) in [5, 5.41) is 4.20. The van der Waals surface area contributed by atoms with Crippen molar-refractivity contribution >= 4 is 0 Å². The van der Waals surface area contributed by atoms with E-state index in [2.05, 4.69) is 25.0 Å². The standard InChI is InChI=1S/C15H27N3/c1-15(2)9-6-12(7-10-15)14(16)5-4-13-8-11-17-18(13)3/h8,11-12,14H,4-7,9-10,16H2,1-3H3. The van der Waals surface area contributed by atoms with Gasteiger partial charge in [-0.15, -0.1) is 0 Å². The van der Waals surface area contributed by atoms with Gasteiger partial charge in [-0.2, -0.15) is 5.10 Å².